The van der Waals surface area contributed by atoms with Crippen molar-refractivity contribution < 1.29 is 9.66 Å². The van der Waals surface area contributed by atoms with Crippen LogP contribution < -0.4 is 4.74 Å². The highest BCUT2D eigenvalue weighted by atomic mass is 16.6. The van der Waals surface area contributed by atoms with Gasteiger partial charge in [-0.15, -0.1) is 0 Å². The molecule has 0 unspecified atom stereocenters. The Balaban J connectivity index is 2.01. The molecule has 1 aromatic rings. The van der Waals surface area contributed by atoms with E-state index in [-0.39, 0.29) is 5.69 Å². The number of unbranched alkanes of at least 4 members (excludes halogenated alkanes) is 9. The topological polar surface area (TPSA) is 52.4 Å². The molecule has 0 aromatic heterocycles. The zero-order valence-electron chi connectivity index (χ0n) is 13.8. The van der Waals surface area contributed by atoms with E-state index in [1.165, 1.54) is 57.4 Å². The van der Waals surface area contributed by atoms with E-state index in [9.17, 15) is 10.1 Å². The lowest BCUT2D eigenvalue weighted by Gasteiger charge is -2.06. The van der Waals surface area contributed by atoms with Crippen molar-refractivity contribution in [3.63, 3.8) is 0 Å². The number of nitro benzene ring substituents is 1. The fourth-order valence-electron chi connectivity index (χ4n) is 2.50. The zero-order valence-corrected chi connectivity index (χ0v) is 13.8. The summed E-state index contributed by atoms with van der Waals surface area (Å²) < 4.78 is 5.53. The Morgan fingerprint density at radius 3 is 2.05 bits per heavy atom. The van der Waals surface area contributed by atoms with Crippen LogP contribution >= 0.6 is 0 Å². The summed E-state index contributed by atoms with van der Waals surface area (Å²) in [5.41, 5.74) is 0.0505. The van der Waals surface area contributed by atoms with Crippen molar-refractivity contribution in [3.8, 4) is 5.75 Å². The van der Waals surface area contributed by atoms with Crippen LogP contribution in [-0.2, 0) is 0 Å². The smallest absolute Gasteiger partial charge is 0.310 e. The summed E-state index contributed by atoms with van der Waals surface area (Å²) in [5.74, 6) is 0.378. The molecule has 0 spiro atoms. The fraction of sp³-hybridized carbons (Fsp3) is 0.667. The SMILES string of the molecule is CCCCCCCCCCCCOc1ccccc1[N+](=O)[O-]. The third kappa shape index (κ3) is 8.01. The van der Waals surface area contributed by atoms with Crippen LogP contribution in [0.15, 0.2) is 24.3 Å². The average molecular weight is 307 g/mol. The molecular weight excluding hydrogens is 278 g/mol. The van der Waals surface area contributed by atoms with Crippen molar-refractivity contribution in [3.05, 3.63) is 34.4 Å². The molecule has 0 aliphatic heterocycles. The van der Waals surface area contributed by atoms with Crippen LogP contribution in [0, 0.1) is 10.1 Å². The Morgan fingerprint density at radius 1 is 0.909 bits per heavy atom. The Morgan fingerprint density at radius 2 is 1.45 bits per heavy atom. The van der Waals surface area contributed by atoms with Crippen molar-refractivity contribution in [2.75, 3.05) is 6.61 Å². The third-order valence-corrected chi connectivity index (χ3v) is 3.82. The van der Waals surface area contributed by atoms with E-state index >= 15 is 0 Å². The number of nitro groups is 1. The summed E-state index contributed by atoms with van der Waals surface area (Å²) in [4.78, 5) is 10.5. The molecule has 0 bridgehead atoms. The van der Waals surface area contributed by atoms with Crippen molar-refractivity contribution >= 4 is 5.69 Å². The molecule has 0 N–H and O–H groups in total. The zero-order chi connectivity index (χ0) is 16.0. The molecule has 4 nitrogen and oxygen atoms in total. The molecule has 0 saturated carbocycles. The standard InChI is InChI=1S/C18H29NO3/c1-2-3-4-5-6-7-8-9-10-13-16-22-18-15-12-11-14-17(18)19(20)21/h11-12,14-15H,2-10,13,16H2,1H3. The van der Waals surface area contributed by atoms with Crippen molar-refractivity contribution in [2.45, 2.75) is 71.1 Å². The van der Waals surface area contributed by atoms with E-state index in [1.807, 2.05) is 0 Å². The number of ether oxygens (including phenoxy) is 1. The van der Waals surface area contributed by atoms with Gasteiger partial charge in [0.2, 0.25) is 0 Å². The van der Waals surface area contributed by atoms with E-state index in [0.717, 1.165) is 12.8 Å². The van der Waals surface area contributed by atoms with Crippen LogP contribution in [0.2, 0.25) is 0 Å². The number of benzene rings is 1. The van der Waals surface area contributed by atoms with Crippen LogP contribution in [0.4, 0.5) is 5.69 Å². The Bertz CT molecular complexity index is 421. The van der Waals surface area contributed by atoms with Gasteiger partial charge < -0.3 is 4.74 Å². The minimum absolute atomic E-state index is 0.0505. The number of para-hydroxylation sites is 2. The maximum absolute atomic E-state index is 10.8. The first kappa shape index (κ1) is 18.5. The lowest BCUT2D eigenvalue weighted by molar-refractivity contribution is -0.385. The van der Waals surface area contributed by atoms with E-state index in [1.54, 1.807) is 18.2 Å². The van der Waals surface area contributed by atoms with E-state index in [0.29, 0.717) is 12.4 Å². The molecule has 124 valence electrons. The normalized spacial score (nSPS) is 10.6. The number of rotatable bonds is 13. The van der Waals surface area contributed by atoms with Gasteiger partial charge in [-0.2, -0.15) is 0 Å². The lowest BCUT2D eigenvalue weighted by Crippen LogP contribution is -2.00. The molecule has 0 radical (unpaired) electrons. The molecule has 0 amide bonds. The van der Waals surface area contributed by atoms with Crippen molar-refractivity contribution in [1.82, 2.24) is 0 Å². The molecule has 1 rings (SSSR count). The van der Waals surface area contributed by atoms with Crippen LogP contribution in [0.5, 0.6) is 5.75 Å². The molecule has 0 fully saturated rings. The molecule has 0 saturated heterocycles. The lowest BCUT2D eigenvalue weighted by atomic mass is 10.1. The maximum atomic E-state index is 10.8. The van der Waals surface area contributed by atoms with Crippen LogP contribution in [0.1, 0.15) is 71.1 Å². The molecule has 22 heavy (non-hydrogen) atoms. The highest BCUT2D eigenvalue weighted by Crippen LogP contribution is 2.25. The second-order valence-corrected chi connectivity index (χ2v) is 5.76. The number of hydrogen-bond acceptors (Lipinski definition) is 3. The highest BCUT2D eigenvalue weighted by Gasteiger charge is 2.12. The molecule has 0 heterocycles. The molecule has 4 heteroatoms. The van der Waals surface area contributed by atoms with Gasteiger partial charge in [-0.3, -0.25) is 10.1 Å². The molecule has 1 aromatic carbocycles. The monoisotopic (exact) mass is 307 g/mol. The number of hydrogen-bond donors (Lipinski definition) is 0. The first-order chi connectivity index (χ1) is 10.8. The van der Waals surface area contributed by atoms with Gasteiger partial charge in [-0.25, -0.2) is 0 Å². The van der Waals surface area contributed by atoms with Crippen LogP contribution in [0.3, 0.4) is 0 Å². The minimum atomic E-state index is -0.395. The predicted molar refractivity (Wildman–Crippen MR) is 90.4 cm³/mol. The van der Waals surface area contributed by atoms with Gasteiger partial charge in [0.1, 0.15) is 0 Å². The van der Waals surface area contributed by atoms with Gasteiger partial charge in [-0.05, 0) is 12.5 Å². The van der Waals surface area contributed by atoms with E-state index < -0.39 is 4.92 Å². The van der Waals surface area contributed by atoms with Gasteiger partial charge in [-0.1, -0.05) is 76.8 Å². The first-order valence-electron chi connectivity index (χ1n) is 8.62. The van der Waals surface area contributed by atoms with E-state index in [2.05, 4.69) is 6.92 Å². The summed E-state index contributed by atoms with van der Waals surface area (Å²) >= 11 is 0. The first-order valence-corrected chi connectivity index (χ1v) is 8.62. The summed E-state index contributed by atoms with van der Waals surface area (Å²) in [6, 6.07) is 6.56. The molecular formula is C18H29NO3. The summed E-state index contributed by atoms with van der Waals surface area (Å²) in [7, 11) is 0. The predicted octanol–water partition coefficient (Wildman–Crippen LogP) is 5.89. The Kier molecular flexibility index (Phi) is 10.1. The Labute approximate surface area is 134 Å². The van der Waals surface area contributed by atoms with Gasteiger partial charge >= 0.3 is 5.69 Å². The summed E-state index contributed by atoms with van der Waals surface area (Å²) in [6.07, 6.45) is 12.7. The molecule has 0 aliphatic carbocycles. The Hall–Kier alpha value is -1.58. The second-order valence-electron chi connectivity index (χ2n) is 5.76. The molecule has 0 aliphatic rings. The maximum Gasteiger partial charge on any atom is 0.310 e. The minimum Gasteiger partial charge on any atom is -0.487 e. The van der Waals surface area contributed by atoms with Crippen molar-refractivity contribution in [2.24, 2.45) is 0 Å². The average Bonchev–Trinajstić information content (AvgIpc) is 2.53. The van der Waals surface area contributed by atoms with E-state index in [4.69, 9.17) is 4.74 Å². The van der Waals surface area contributed by atoms with Gasteiger partial charge in [0, 0.05) is 6.07 Å². The largest absolute Gasteiger partial charge is 0.487 e. The number of nitrogens with zero attached hydrogens (tertiary/aromatic N) is 1. The highest BCUT2D eigenvalue weighted by molar-refractivity contribution is 5.45. The van der Waals surface area contributed by atoms with Gasteiger partial charge in [0.15, 0.2) is 5.75 Å². The van der Waals surface area contributed by atoms with Crippen molar-refractivity contribution in [1.29, 1.82) is 0 Å². The fourth-order valence-corrected chi connectivity index (χ4v) is 2.50. The quantitative estimate of drug-likeness (QED) is 0.259. The second kappa shape index (κ2) is 12.0. The van der Waals surface area contributed by atoms with Crippen LogP contribution in [-0.4, -0.2) is 11.5 Å². The molecule has 0 atom stereocenters. The summed E-state index contributed by atoms with van der Waals surface area (Å²) in [6.45, 7) is 2.80. The third-order valence-electron chi connectivity index (χ3n) is 3.82. The van der Waals surface area contributed by atoms with Gasteiger partial charge in [0.25, 0.3) is 0 Å². The van der Waals surface area contributed by atoms with Gasteiger partial charge in [0.05, 0.1) is 11.5 Å². The summed E-state index contributed by atoms with van der Waals surface area (Å²) in [5, 5.41) is 10.8. The van der Waals surface area contributed by atoms with Crippen LogP contribution in [0.25, 0.3) is 0 Å².